The maximum absolute atomic E-state index is 12.5. The molecule has 3 heteroatoms. The highest BCUT2D eigenvalue weighted by Gasteiger charge is 2.44. The van der Waals surface area contributed by atoms with Crippen LogP contribution >= 0.6 is 0 Å². The fraction of sp³-hybridized carbons (Fsp3) is 0.174. The Morgan fingerprint density at radius 1 is 0.692 bits per heavy atom. The van der Waals surface area contributed by atoms with Gasteiger partial charge in [0.05, 0.1) is 6.04 Å². The van der Waals surface area contributed by atoms with Crippen LogP contribution in [0.4, 0.5) is 0 Å². The van der Waals surface area contributed by atoms with E-state index in [4.69, 9.17) is 0 Å². The highest BCUT2D eigenvalue weighted by atomic mass is 16.2. The Hall–Kier alpha value is -2.91. The number of hydrogen-bond donors (Lipinski definition) is 1. The lowest BCUT2D eigenvalue weighted by Crippen LogP contribution is -2.63. The predicted octanol–water partition coefficient (Wildman–Crippen LogP) is 3.93. The smallest absolute Gasteiger partial charge is 0.240 e. The zero-order chi connectivity index (χ0) is 17.8. The Morgan fingerprint density at radius 2 is 1.15 bits per heavy atom. The lowest BCUT2D eigenvalue weighted by molar-refractivity contribution is -0.138. The SMILES string of the molecule is O=C1N[C@H](c2ccccc2)[C@H]1N(Cc1ccccc1)Cc1ccccc1. The molecule has 4 rings (SSSR count). The Balaban J connectivity index is 1.61. The summed E-state index contributed by atoms with van der Waals surface area (Å²) in [7, 11) is 0. The van der Waals surface area contributed by atoms with Gasteiger partial charge in [-0.25, -0.2) is 0 Å². The highest BCUT2D eigenvalue weighted by Crippen LogP contribution is 2.31. The van der Waals surface area contributed by atoms with Crippen LogP contribution in [0.25, 0.3) is 0 Å². The Bertz CT molecular complexity index is 808. The van der Waals surface area contributed by atoms with Crippen LogP contribution in [0.3, 0.4) is 0 Å². The van der Waals surface area contributed by atoms with Crippen molar-refractivity contribution in [2.75, 3.05) is 0 Å². The molecule has 130 valence electrons. The second-order valence-electron chi connectivity index (χ2n) is 6.72. The Morgan fingerprint density at radius 3 is 1.62 bits per heavy atom. The quantitative estimate of drug-likeness (QED) is 0.689. The van der Waals surface area contributed by atoms with Gasteiger partial charge in [-0.2, -0.15) is 0 Å². The van der Waals surface area contributed by atoms with Gasteiger partial charge < -0.3 is 5.32 Å². The number of β-lactam (4-membered cyclic amide) rings is 1. The lowest BCUT2D eigenvalue weighted by Gasteiger charge is -2.44. The molecule has 0 saturated carbocycles. The fourth-order valence-electron chi connectivity index (χ4n) is 3.56. The van der Waals surface area contributed by atoms with Gasteiger partial charge in [0, 0.05) is 13.1 Å². The van der Waals surface area contributed by atoms with Crippen LogP contribution in [-0.4, -0.2) is 16.8 Å². The first-order valence-electron chi connectivity index (χ1n) is 8.98. The van der Waals surface area contributed by atoms with Crippen molar-refractivity contribution in [1.82, 2.24) is 10.2 Å². The molecule has 1 amide bonds. The van der Waals surface area contributed by atoms with Crippen LogP contribution in [0.5, 0.6) is 0 Å². The number of amides is 1. The number of nitrogens with one attached hydrogen (secondary N) is 1. The van der Waals surface area contributed by atoms with E-state index in [-0.39, 0.29) is 18.0 Å². The third-order valence-electron chi connectivity index (χ3n) is 4.89. The molecular weight excluding hydrogens is 320 g/mol. The van der Waals surface area contributed by atoms with Crippen molar-refractivity contribution in [3.8, 4) is 0 Å². The van der Waals surface area contributed by atoms with E-state index >= 15 is 0 Å². The zero-order valence-corrected chi connectivity index (χ0v) is 14.6. The van der Waals surface area contributed by atoms with Gasteiger partial charge >= 0.3 is 0 Å². The average Bonchev–Trinajstić information content (AvgIpc) is 2.68. The first-order chi connectivity index (χ1) is 12.8. The van der Waals surface area contributed by atoms with Gasteiger partial charge in [0.2, 0.25) is 5.91 Å². The molecule has 1 aliphatic heterocycles. The molecule has 0 unspecified atom stereocenters. The molecule has 1 saturated heterocycles. The zero-order valence-electron chi connectivity index (χ0n) is 14.6. The summed E-state index contributed by atoms with van der Waals surface area (Å²) in [5, 5.41) is 3.08. The third-order valence-corrected chi connectivity index (χ3v) is 4.89. The maximum atomic E-state index is 12.5. The molecule has 26 heavy (non-hydrogen) atoms. The third kappa shape index (κ3) is 3.53. The van der Waals surface area contributed by atoms with Crippen molar-refractivity contribution < 1.29 is 4.79 Å². The van der Waals surface area contributed by atoms with Gasteiger partial charge in [0.25, 0.3) is 0 Å². The van der Waals surface area contributed by atoms with Crippen molar-refractivity contribution in [3.63, 3.8) is 0 Å². The van der Waals surface area contributed by atoms with Gasteiger partial charge in [0.15, 0.2) is 0 Å². The van der Waals surface area contributed by atoms with E-state index in [0.29, 0.717) is 0 Å². The molecule has 1 heterocycles. The predicted molar refractivity (Wildman–Crippen MR) is 103 cm³/mol. The summed E-state index contributed by atoms with van der Waals surface area (Å²) < 4.78 is 0. The second kappa shape index (κ2) is 7.54. The molecular formula is C23H22N2O. The first kappa shape index (κ1) is 16.6. The number of carbonyl (C=O) groups excluding carboxylic acids is 1. The molecule has 1 N–H and O–H groups in total. The van der Waals surface area contributed by atoms with Crippen LogP contribution in [0.2, 0.25) is 0 Å². The van der Waals surface area contributed by atoms with Crippen LogP contribution < -0.4 is 5.32 Å². The van der Waals surface area contributed by atoms with Crippen LogP contribution in [0, 0.1) is 0 Å². The van der Waals surface area contributed by atoms with Crippen molar-refractivity contribution in [1.29, 1.82) is 0 Å². The number of hydrogen-bond acceptors (Lipinski definition) is 2. The summed E-state index contributed by atoms with van der Waals surface area (Å²) >= 11 is 0. The lowest BCUT2D eigenvalue weighted by atomic mass is 9.89. The summed E-state index contributed by atoms with van der Waals surface area (Å²) in [6.07, 6.45) is 0. The molecule has 2 atom stereocenters. The molecule has 0 bridgehead atoms. The second-order valence-corrected chi connectivity index (χ2v) is 6.72. The van der Waals surface area contributed by atoms with E-state index in [1.165, 1.54) is 11.1 Å². The van der Waals surface area contributed by atoms with Gasteiger partial charge in [-0.15, -0.1) is 0 Å². The van der Waals surface area contributed by atoms with Crippen molar-refractivity contribution in [2.45, 2.75) is 25.2 Å². The summed E-state index contributed by atoms with van der Waals surface area (Å²) in [6.45, 7) is 1.49. The molecule has 3 aromatic rings. The van der Waals surface area contributed by atoms with Crippen molar-refractivity contribution in [2.24, 2.45) is 0 Å². The molecule has 3 aromatic carbocycles. The Labute approximate surface area is 154 Å². The molecule has 0 aromatic heterocycles. The van der Waals surface area contributed by atoms with Crippen LogP contribution in [0.15, 0.2) is 91.0 Å². The van der Waals surface area contributed by atoms with E-state index in [0.717, 1.165) is 18.7 Å². The molecule has 0 spiro atoms. The van der Waals surface area contributed by atoms with Crippen LogP contribution in [0.1, 0.15) is 22.7 Å². The minimum Gasteiger partial charge on any atom is -0.346 e. The summed E-state index contributed by atoms with van der Waals surface area (Å²) in [4.78, 5) is 14.8. The number of carbonyl (C=O) groups is 1. The first-order valence-corrected chi connectivity index (χ1v) is 8.98. The number of nitrogens with zero attached hydrogens (tertiary/aromatic N) is 1. The average molecular weight is 342 g/mol. The van der Waals surface area contributed by atoms with E-state index < -0.39 is 0 Å². The normalized spacial score (nSPS) is 19.0. The standard InChI is InChI=1S/C23H22N2O/c26-23-22(21(24-23)20-14-8-3-9-15-20)25(16-18-10-4-1-5-11-18)17-19-12-6-2-7-13-19/h1-15,21-22H,16-17H2,(H,24,26)/t21-,22-/m1/s1. The molecule has 1 aliphatic rings. The van der Waals surface area contributed by atoms with E-state index in [2.05, 4.69) is 46.6 Å². The molecule has 0 aliphatic carbocycles. The van der Waals surface area contributed by atoms with Crippen LogP contribution in [-0.2, 0) is 17.9 Å². The Kier molecular flexibility index (Phi) is 4.80. The monoisotopic (exact) mass is 342 g/mol. The summed E-state index contributed by atoms with van der Waals surface area (Å²) in [5.74, 6) is 0.103. The van der Waals surface area contributed by atoms with E-state index in [1.807, 2.05) is 54.6 Å². The molecule has 3 nitrogen and oxygen atoms in total. The van der Waals surface area contributed by atoms with Gasteiger partial charge in [-0.05, 0) is 16.7 Å². The summed E-state index contributed by atoms with van der Waals surface area (Å²) in [5.41, 5.74) is 3.59. The number of rotatable bonds is 6. The van der Waals surface area contributed by atoms with Gasteiger partial charge in [-0.1, -0.05) is 91.0 Å². The van der Waals surface area contributed by atoms with E-state index in [9.17, 15) is 4.79 Å². The van der Waals surface area contributed by atoms with Crippen molar-refractivity contribution in [3.05, 3.63) is 108 Å². The number of benzene rings is 3. The van der Waals surface area contributed by atoms with Gasteiger partial charge in [0.1, 0.15) is 6.04 Å². The van der Waals surface area contributed by atoms with Gasteiger partial charge in [-0.3, -0.25) is 9.69 Å². The highest BCUT2D eigenvalue weighted by molar-refractivity contribution is 5.89. The molecule has 0 radical (unpaired) electrons. The maximum Gasteiger partial charge on any atom is 0.240 e. The topological polar surface area (TPSA) is 32.3 Å². The van der Waals surface area contributed by atoms with Crippen molar-refractivity contribution >= 4 is 5.91 Å². The summed E-state index contributed by atoms with van der Waals surface area (Å²) in [6, 6.07) is 30.8. The largest absolute Gasteiger partial charge is 0.346 e. The fourth-order valence-corrected chi connectivity index (χ4v) is 3.56. The van der Waals surface area contributed by atoms with E-state index in [1.54, 1.807) is 0 Å². The molecule has 1 fully saturated rings. The minimum atomic E-state index is -0.155. The minimum absolute atomic E-state index is 0.0381.